The number of hydrogen-bond acceptors (Lipinski definition) is 5. The Labute approximate surface area is 172 Å². The molecule has 0 aliphatic carbocycles. The first-order valence-electron chi connectivity index (χ1n) is 8.08. The summed E-state index contributed by atoms with van der Waals surface area (Å²) in [6, 6.07) is 8.84. The Hall–Kier alpha value is -3.60. The maximum atomic E-state index is 12.8. The molecule has 0 radical (unpaired) electrons. The number of halogens is 4. The van der Waals surface area contributed by atoms with E-state index in [-0.39, 0.29) is 12.3 Å². The number of carbonyl (C=O) groups excluding carboxylic acids is 3. The number of carbonyl (C=O) groups is 3. The lowest BCUT2D eigenvalue weighted by Crippen LogP contribution is -2.32. The second-order valence-corrected chi connectivity index (χ2v) is 6.08. The van der Waals surface area contributed by atoms with E-state index in [1.165, 1.54) is 18.3 Å². The Balaban J connectivity index is 1.92. The molecule has 0 spiro atoms. The van der Waals surface area contributed by atoms with Crippen LogP contribution in [0.1, 0.15) is 11.1 Å². The van der Waals surface area contributed by atoms with Crippen molar-refractivity contribution in [3.05, 3.63) is 58.6 Å². The minimum absolute atomic E-state index is 0.262. The van der Waals surface area contributed by atoms with Crippen LogP contribution in [0.2, 0.25) is 5.02 Å². The summed E-state index contributed by atoms with van der Waals surface area (Å²) >= 11 is 5.49. The van der Waals surface area contributed by atoms with Crippen LogP contribution in [0.15, 0.2) is 47.6 Å². The van der Waals surface area contributed by atoms with Gasteiger partial charge in [-0.2, -0.15) is 18.3 Å². The monoisotopic (exact) mass is 442 g/mol. The predicted molar refractivity (Wildman–Crippen MR) is 102 cm³/mol. The van der Waals surface area contributed by atoms with Gasteiger partial charge in [-0.3, -0.25) is 14.4 Å². The fourth-order valence-corrected chi connectivity index (χ4v) is 2.25. The highest BCUT2D eigenvalue weighted by Gasteiger charge is 2.33. The molecule has 158 valence electrons. The van der Waals surface area contributed by atoms with Gasteiger partial charge in [-0.1, -0.05) is 11.6 Å². The molecule has 3 amide bonds. The van der Waals surface area contributed by atoms with E-state index in [0.29, 0.717) is 17.4 Å². The van der Waals surface area contributed by atoms with E-state index in [2.05, 4.69) is 5.10 Å². The smallest absolute Gasteiger partial charge is 0.417 e. The Kier molecular flexibility index (Phi) is 7.37. The predicted octanol–water partition coefficient (Wildman–Crippen LogP) is 2.31. The minimum Gasteiger partial charge on any atom is -0.484 e. The first-order valence-corrected chi connectivity index (χ1v) is 8.46. The number of nitrogens with zero attached hydrogens (tertiary/aromatic N) is 1. The summed E-state index contributed by atoms with van der Waals surface area (Å²) in [5.41, 5.74) is 6.01. The van der Waals surface area contributed by atoms with Crippen molar-refractivity contribution in [2.45, 2.75) is 6.18 Å². The summed E-state index contributed by atoms with van der Waals surface area (Å²) in [6.07, 6.45) is -3.50. The number of nitrogens with two attached hydrogens (primary N) is 1. The van der Waals surface area contributed by atoms with E-state index in [1.807, 2.05) is 10.7 Å². The summed E-state index contributed by atoms with van der Waals surface area (Å²) in [4.78, 5) is 34.2. The fourth-order valence-electron chi connectivity index (χ4n) is 2.03. The molecular weight excluding hydrogens is 429 g/mol. The SMILES string of the molecule is NC(=O)COc1ccc(/C=N\NC(=O)C(=O)Nc2ccc(Cl)c(C(F)(F)F)c2)cc1. The van der Waals surface area contributed by atoms with Crippen LogP contribution in [0, 0.1) is 0 Å². The van der Waals surface area contributed by atoms with Crippen molar-refractivity contribution in [1.29, 1.82) is 0 Å². The molecule has 2 aromatic carbocycles. The normalized spacial score (nSPS) is 11.2. The summed E-state index contributed by atoms with van der Waals surface area (Å²) < 4.78 is 43.6. The Morgan fingerprint density at radius 2 is 1.77 bits per heavy atom. The summed E-state index contributed by atoms with van der Waals surface area (Å²) in [6.45, 7) is -0.281. The molecule has 0 aliphatic rings. The Morgan fingerprint density at radius 3 is 2.37 bits per heavy atom. The molecule has 0 aliphatic heterocycles. The van der Waals surface area contributed by atoms with Crippen LogP contribution < -0.4 is 21.2 Å². The summed E-state index contributed by atoms with van der Waals surface area (Å²) in [5.74, 6) is -2.67. The third kappa shape index (κ3) is 6.78. The molecule has 2 rings (SSSR count). The number of benzene rings is 2. The largest absolute Gasteiger partial charge is 0.484 e. The summed E-state index contributed by atoms with van der Waals surface area (Å²) in [7, 11) is 0. The van der Waals surface area contributed by atoms with Gasteiger partial charge in [-0.25, -0.2) is 5.43 Å². The molecule has 0 heterocycles. The van der Waals surface area contributed by atoms with Gasteiger partial charge in [0.2, 0.25) is 0 Å². The fraction of sp³-hybridized carbons (Fsp3) is 0.111. The van der Waals surface area contributed by atoms with Crippen LogP contribution in [0.4, 0.5) is 18.9 Å². The van der Waals surface area contributed by atoms with E-state index < -0.39 is 34.5 Å². The van der Waals surface area contributed by atoms with E-state index in [1.54, 1.807) is 12.1 Å². The molecule has 2 aromatic rings. The molecule has 12 heteroatoms. The number of anilines is 1. The lowest BCUT2D eigenvalue weighted by atomic mass is 10.2. The van der Waals surface area contributed by atoms with Crippen LogP contribution in [0.25, 0.3) is 0 Å². The highest BCUT2D eigenvalue weighted by atomic mass is 35.5. The van der Waals surface area contributed by atoms with E-state index in [4.69, 9.17) is 22.1 Å². The minimum atomic E-state index is -4.72. The van der Waals surface area contributed by atoms with Gasteiger partial charge in [0.05, 0.1) is 16.8 Å². The molecule has 0 bridgehead atoms. The zero-order chi connectivity index (χ0) is 22.3. The molecule has 0 atom stereocenters. The van der Waals surface area contributed by atoms with Crippen LogP contribution in [-0.2, 0) is 20.6 Å². The third-order valence-corrected chi connectivity index (χ3v) is 3.71. The standard InChI is InChI=1S/C18H14ClF3N4O4/c19-14-6-3-11(7-13(14)18(20,21)22)25-16(28)17(29)26-24-8-10-1-4-12(5-2-10)30-9-15(23)27/h1-8H,9H2,(H2,23,27)(H,25,28)(H,26,29)/b24-8-. The van der Waals surface area contributed by atoms with Crippen LogP contribution in [0.3, 0.4) is 0 Å². The molecule has 30 heavy (non-hydrogen) atoms. The van der Waals surface area contributed by atoms with E-state index in [9.17, 15) is 27.6 Å². The molecule has 0 unspecified atom stereocenters. The van der Waals surface area contributed by atoms with Gasteiger partial charge in [-0.15, -0.1) is 0 Å². The van der Waals surface area contributed by atoms with Gasteiger partial charge in [0.1, 0.15) is 5.75 Å². The second-order valence-electron chi connectivity index (χ2n) is 5.67. The average molecular weight is 443 g/mol. The van der Waals surface area contributed by atoms with Crippen molar-refractivity contribution in [1.82, 2.24) is 5.43 Å². The van der Waals surface area contributed by atoms with Crippen molar-refractivity contribution in [3.63, 3.8) is 0 Å². The number of alkyl halides is 3. The molecule has 8 nitrogen and oxygen atoms in total. The molecule has 0 aromatic heterocycles. The average Bonchev–Trinajstić information content (AvgIpc) is 2.67. The van der Waals surface area contributed by atoms with Crippen molar-refractivity contribution in [2.75, 3.05) is 11.9 Å². The second kappa shape index (κ2) is 9.74. The van der Waals surface area contributed by atoms with Crippen LogP contribution in [0.5, 0.6) is 5.75 Å². The lowest BCUT2D eigenvalue weighted by molar-refractivity contribution is -0.137. The molecular formula is C18H14ClF3N4O4. The summed E-state index contributed by atoms with van der Waals surface area (Å²) in [5, 5.41) is 5.06. The number of hydrazone groups is 1. The van der Waals surface area contributed by atoms with Crippen molar-refractivity contribution in [2.24, 2.45) is 10.8 Å². The molecule has 4 N–H and O–H groups in total. The van der Waals surface area contributed by atoms with Crippen LogP contribution in [-0.4, -0.2) is 30.5 Å². The number of primary amides is 1. The molecule has 0 saturated heterocycles. The zero-order valence-corrected chi connectivity index (χ0v) is 15.8. The number of amides is 3. The zero-order valence-electron chi connectivity index (χ0n) is 15.0. The van der Waals surface area contributed by atoms with Crippen molar-refractivity contribution in [3.8, 4) is 5.75 Å². The Bertz CT molecular complexity index is 978. The van der Waals surface area contributed by atoms with E-state index in [0.717, 1.165) is 12.1 Å². The number of nitrogens with one attached hydrogen (secondary N) is 2. The van der Waals surface area contributed by atoms with Gasteiger partial charge in [0, 0.05) is 5.69 Å². The van der Waals surface area contributed by atoms with Crippen molar-refractivity contribution < 1.29 is 32.3 Å². The van der Waals surface area contributed by atoms with Gasteiger partial charge in [-0.05, 0) is 48.0 Å². The van der Waals surface area contributed by atoms with Gasteiger partial charge >= 0.3 is 18.0 Å². The van der Waals surface area contributed by atoms with Gasteiger partial charge < -0.3 is 15.8 Å². The van der Waals surface area contributed by atoms with Gasteiger partial charge in [0.15, 0.2) is 6.61 Å². The number of ether oxygens (including phenoxy) is 1. The van der Waals surface area contributed by atoms with Crippen LogP contribution >= 0.6 is 11.6 Å². The number of hydrogen-bond donors (Lipinski definition) is 3. The van der Waals surface area contributed by atoms with E-state index >= 15 is 0 Å². The highest BCUT2D eigenvalue weighted by Crippen LogP contribution is 2.36. The maximum Gasteiger partial charge on any atom is 0.417 e. The molecule has 0 saturated carbocycles. The quantitative estimate of drug-likeness (QED) is 0.361. The Morgan fingerprint density at radius 1 is 1.10 bits per heavy atom. The molecule has 0 fully saturated rings. The third-order valence-electron chi connectivity index (χ3n) is 3.38. The highest BCUT2D eigenvalue weighted by molar-refractivity contribution is 6.39. The van der Waals surface area contributed by atoms with Crippen molar-refractivity contribution >= 4 is 41.2 Å². The topological polar surface area (TPSA) is 123 Å². The lowest BCUT2D eigenvalue weighted by Gasteiger charge is -2.11. The van der Waals surface area contributed by atoms with Gasteiger partial charge in [0.25, 0.3) is 5.91 Å². The first-order chi connectivity index (χ1) is 14.1. The first kappa shape index (κ1) is 22.7. The maximum absolute atomic E-state index is 12.8. The number of rotatable bonds is 6.